The van der Waals surface area contributed by atoms with Gasteiger partial charge in [0.25, 0.3) is 0 Å². The lowest BCUT2D eigenvalue weighted by Crippen LogP contribution is -2.28. The van der Waals surface area contributed by atoms with Gasteiger partial charge in [-0.2, -0.15) is 5.10 Å². The first-order chi connectivity index (χ1) is 12.1. The van der Waals surface area contributed by atoms with Crippen molar-refractivity contribution in [1.29, 1.82) is 0 Å². The Kier molecular flexibility index (Phi) is 4.09. The van der Waals surface area contributed by atoms with E-state index >= 15 is 0 Å². The average Bonchev–Trinajstić information content (AvgIpc) is 2.96. The van der Waals surface area contributed by atoms with Gasteiger partial charge in [0.2, 0.25) is 5.91 Å². The summed E-state index contributed by atoms with van der Waals surface area (Å²) in [5, 5.41) is 10.9. The normalized spacial score (nSPS) is 13.4. The third-order valence-electron chi connectivity index (χ3n) is 4.27. The lowest BCUT2D eigenvalue weighted by atomic mass is 10.1. The highest BCUT2D eigenvalue weighted by atomic mass is 79.9. The van der Waals surface area contributed by atoms with Crippen LogP contribution in [0.5, 0.6) is 5.75 Å². The van der Waals surface area contributed by atoms with Crippen molar-refractivity contribution in [3.8, 4) is 5.75 Å². The van der Waals surface area contributed by atoms with Crippen molar-refractivity contribution < 1.29 is 9.53 Å². The molecule has 4 rings (SSSR count). The quantitative estimate of drug-likeness (QED) is 0.707. The first kappa shape index (κ1) is 16.0. The van der Waals surface area contributed by atoms with Crippen LogP contribution in [0.25, 0.3) is 10.9 Å². The van der Waals surface area contributed by atoms with Crippen LogP contribution in [0.4, 0.5) is 11.5 Å². The molecule has 1 amide bonds. The van der Waals surface area contributed by atoms with Crippen molar-refractivity contribution in [3.05, 3.63) is 46.4 Å². The molecule has 1 aromatic heterocycles. The smallest absolute Gasteiger partial charge is 0.230 e. The fourth-order valence-electron chi connectivity index (χ4n) is 2.96. The number of fused-ring (bicyclic) bond motifs is 2. The maximum atomic E-state index is 12.4. The number of anilines is 2. The molecule has 0 bridgehead atoms. The van der Waals surface area contributed by atoms with Crippen molar-refractivity contribution in [2.24, 2.45) is 0 Å². The number of amides is 1. The van der Waals surface area contributed by atoms with Gasteiger partial charge in [-0.05, 0) is 35.9 Å². The molecule has 7 heteroatoms. The summed E-state index contributed by atoms with van der Waals surface area (Å²) in [5.41, 5.74) is 2.84. The van der Waals surface area contributed by atoms with Crippen molar-refractivity contribution >= 4 is 44.2 Å². The number of carbonyl (C=O) groups excluding carboxylic acids is 1. The van der Waals surface area contributed by atoms with Gasteiger partial charge in [0.15, 0.2) is 5.82 Å². The fourth-order valence-corrected chi connectivity index (χ4v) is 3.32. The molecule has 0 radical (unpaired) electrons. The minimum absolute atomic E-state index is 0.111. The molecule has 0 spiro atoms. The third-order valence-corrected chi connectivity index (χ3v) is 4.76. The lowest BCUT2D eigenvalue weighted by molar-refractivity contribution is -0.115. The van der Waals surface area contributed by atoms with Crippen LogP contribution in [0.1, 0.15) is 5.56 Å². The Balaban J connectivity index is 1.50. The topological polar surface area (TPSA) is 70.2 Å². The van der Waals surface area contributed by atoms with Crippen molar-refractivity contribution in [3.63, 3.8) is 0 Å². The number of carbonyl (C=O) groups is 1. The molecule has 0 atom stereocenters. The Bertz CT molecular complexity index is 953. The Labute approximate surface area is 153 Å². The number of hydrogen-bond acceptors (Lipinski definition) is 4. The minimum Gasteiger partial charge on any atom is -0.490 e. The predicted molar refractivity (Wildman–Crippen MR) is 101 cm³/mol. The molecule has 25 heavy (non-hydrogen) atoms. The zero-order valence-corrected chi connectivity index (χ0v) is 15.3. The molecule has 0 saturated heterocycles. The number of aromatic amines is 1. The molecule has 128 valence electrons. The summed E-state index contributed by atoms with van der Waals surface area (Å²) in [6, 6.07) is 11.7. The molecule has 0 fully saturated rings. The van der Waals surface area contributed by atoms with E-state index in [-0.39, 0.29) is 12.3 Å². The van der Waals surface area contributed by atoms with E-state index in [1.54, 1.807) is 0 Å². The number of rotatable bonds is 3. The van der Waals surface area contributed by atoms with Crippen LogP contribution in [0.2, 0.25) is 0 Å². The molecular formula is C18H17BrN4O2. The summed E-state index contributed by atoms with van der Waals surface area (Å²) >= 11 is 3.42. The second kappa shape index (κ2) is 6.40. The van der Waals surface area contributed by atoms with Gasteiger partial charge in [-0.25, -0.2) is 0 Å². The molecule has 0 aliphatic carbocycles. The average molecular weight is 401 g/mol. The first-order valence-electron chi connectivity index (χ1n) is 8.00. The number of nitrogens with zero attached hydrogens (tertiary/aromatic N) is 2. The molecule has 2 aromatic carbocycles. The van der Waals surface area contributed by atoms with E-state index in [0.717, 1.165) is 38.9 Å². The van der Waals surface area contributed by atoms with Crippen LogP contribution >= 0.6 is 15.9 Å². The van der Waals surface area contributed by atoms with E-state index in [9.17, 15) is 4.79 Å². The van der Waals surface area contributed by atoms with E-state index in [4.69, 9.17) is 4.74 Å². The highest BCUT2D eigenvalue weighted by Crippen LogP contribution is 2.31. The summed E-state index contributed by atoms with van der Waals surface area (Å²) in [4.78, 5) is 14.5. The SMILES string of the molecule is CN1CCOc2cc(CC(=O)Nc3n[nH]c4cc(Br)ccc34)ccc21. The molecule has 0 saturated carbocycles. The summed E-state index contributed by atoms with van der Waals surface area (Å²) in [6.07, 6.45) is 0.269. The van der Waals surface area contributed by atoms with Gasteiger partial charge in [-0.15, -0.1) is 0 Å². The van der Waals surface area contributed by atoms with E-state index in [1.807, 2.05) is 43.4 Å². The Morgan fingerprint density at radius 1 is 1.36 bits per heavy atom. The summed E-state index contributed by atoms with van der Waals surface area (Å²) in [7, 11) is 2.04. The fraction of sp³-hybridized carbons (Fsp3) is 0.222. The van der Waals surface area contributed by atoms with Crippen LogP contribution < -0.4 is 15.0 Å². The van der Waals surface area contributed by atoms with Gasteiger partial charge >= 0.3 is 0 Å². The molecule has 1 aliphatic rings. The number of aromatic nitrogens is 2. The molecule has 6 nitrogen and oxygen atoms in total. The molecule has 3 aromatic rings. The van der Waals surface area contributed by atoms with Crippen molar-refractivity contribution in [2.45, 2.75) is 6.42 Å². The third kappa shape index (κ3) is 3.19. The second-order valence-corrected chi connectivity index (χ2v) is 6.97. The second-order valence-electron chi connectivity index (χ2n) is 6.06. The number of likely N-dealkylation sites (N-methyl/N-ethyl adjacent to an activating group) is 1. The monoisotopic (exact) mass is 400 g/mol. The molecular weight excluding hydrogens is 384 g/mol. The zero-order valence-electron chi connectivity index (χ0n) is 13.7. The van der Waals surface area contributed by atoms with E-state index < -0.39 is 0 Å². The van der Waals surface area contributed by atoms with Crippen molar-refractivity contribution in [2.75, 3.05) is 30.4 Å². The summed E-state index contributed by atoms with van der Waals surface area (Å²) in [5.74, 6) is 1.26. The van der Waals surface area contributed by atoms with Gasteiger partial charge in [0.05, 0.1) is 24.2 Å². The zero-order chi connectivity index (χ0) is 17.4. The molecule has 1 aliphatic heterocycles. The number of hydrogen-bond donors (Lipinski definition) is 2. The van der Waals surface area contributed by atoms with Gasteiger partial charge in [0, 0.05) is 16.9 Å². The number of H-pyrrole nitrogens is 1. The molecule has 2 N–H and O–H groups in total. The number of benzene rings is 2. The van der Waals surface area contributed by atoms with Gasteiger partial charge in [0.1, 0.15) is 12.4 Å². The van der Waals surface area contributed by atoms with Crippen LogP contribution in [-0.4, -0.2) is 36.3 Å². The van der Waals surface area contributed by atoms with Gasteiger partial charge < -0.3 is 15.0 Å². The minimum atomic E-state index is -0.111. The number of ether oxygens (including phenoxy) is 1. The van der Waals surface area contributed by atoms with Gasteiger partial charge in [-0.1, -0.05) is 22.0 Å². The number of nitrogens with one attached hydrogen (secondary N) is 2. The Morgan fingerprint density at radius 3 is 3.12 bits per heavy atom. The van der Waals surface area contributed by atoms with E-state index in [1.165, 1.54) is 0 Å². The maximum Gasteiger partial charge on any atom is 0.230 e. The largest absolute Gasteiger partial charge is 0.490 e. The van der Waals surface area contributed by atoms with Crippen LogP contribution in [0.3, 0.4) is 0 Å². The van der Waals surface area contributed by atoms with Crippen LogP contribution in [0.15, 0.2) is 40.9 Å². The summed E-state index contributed by atoms with van der Waals surface area (Å²) < 4.78 is 6.65. The van der Waals surface area contributed by atoms with E-state index in [2.05, 4.69) is 36.3 Å². The standard InChI is InChI=1S/C18H17BrN4O2/c1-23-6-7-25-16-8-11(2-5-15(16)23)9-17(24)20-18-13-4-3-12(19)10-14(13)21-22-18/h2-5,8,10H,6-7,9H2,1H3,(H2,20,21,22,24). The van der Waals surface area contributed by atoms with Gasteiger partial charge in [-0.3, -0.25) is 9.89 Å². The maximum absolute atomic E-state index is 12.4. The molecule has 2 heterocycles. The Morgan fingerprint density at radius 2 is 2.24 bits per heavy atom. The highest BCUT2D eigenvalue weighted by Gasteiger charge is 2.16. The van der Waals surface area contributed by atoms with E-state index in [0.29, 0.717) is 12.4 Å². The Hall–Kier alpha value is -2.54. The number of halogens is 1. The van der Waals surface area contributed by atoms with Crippen LogP contribution in [0, 0.1) is 0 Å². The lowest BCUT2D eigenvalue weighted by Gasteiger charge is -2.27. The van der Waals surface area contributed by atoms with Crippen LogP contribution in [-0.2, 0) is 11.2 Å². The molecule has 0 unspecified atom stereocenters. The highest BCUT2D eigenvalue weighted by molar-refractivity contribution is 9.10. The first-order valence-corrected chi connectivity index (χ1v) is 8.80. The predicted octanol–water partition coefficient (Wildman–Crippen LogP) is 3.34. The van der Waals surface area contributed by atoms with Crippen molar-refractivity contribution in [1.82, 2.24) is 10.2 Å². The summed E-state index contributed by atoms with van der Waals surface area (Å²) in [6.45, 7) is 1.53.